The maximum absolute atomic E-state index is 11.1. The summed E-state index contributed by atoms with van der Waals surface area (Å²) < 4.78 is -0.0826. The molecule has 1 heterocycles. The van der Waals surface area contributed by atoms with E-state index in [9.17, 15) is 4.79 Å². The number of thioether (sulfide) groups is 1. The third-order valence-corrected chi connectivity index (χ3v) is 4.12. The van der Waals surface area contributed by atoms with Crippen LogP contribution in [0.2, 0.25) is 0 Å². The highest BCUT2D eigenvalue weighted by Crippen LogP contribution is 2.40. The number of nitrogens with one attached hydrogen (secondary N) is 1. The lowest BCUT2D eigenvalue weighted by Crippen LogP contribution is -2.48. The van der Waals surface area contributed by atoms with Crippen molar-refractivity contribution in [3.63, 3.8) is 0 Å². The smallest absolute Gasteiger partial charge is 0.236 e. The number of primary amides is 1. The van der Waals surface area contributed by atoms with Crippen molar-refractivity contribution in [1.29, 1.82) is 0 Å². The van der Waals surface area contributed by atoms with E-state index in [2.05, 4.69) is 33.0 Å². The molecule has 0 spiro atoms. The first-order chi connectivity index (χ1) is 5.84. The first-order valence-corrected chi connectivity index (χ1v) is 5.46. The summed E-state index contributed by atoms with van der Waals surface area (Å²) in [5.41, 5.74) is 5.32. The van der Waals surface area contributed by atoms with Gasteiger partial charge in [0, 0.05) is 4.75 Å². The highest BCUT2D eigenvalue weighted by Gasteiger charge is 2.44. The molecular weight excluding hydrogens is 184 g/mol. The predicted molar refractivity (Wildman–Crippen MR) is 56.4 cm³/mol. The Balaban J connectivity index is 2.74. The van der Waals surface area contributed by atoms with Crippen molar-refractivity contribution in [2.75, 3.05) is 0 Å². The maximum Gasteiger partial charge on any atom is 0.236 e. The first kappa shape index (κ1) is 10.9. The van der Waals surface area contributed by atoms with Gasteiger partial charge in [-0.2, -0.15) is 0 Å². The monoisotopic (exact) mass is 202 g/mol. The Bertz CT molecular complexity index is 216. The second-order valence-electron chi connectivity index (χ2n) is 4.39. The number of carbonyl (C=O) groups is 1. The second-order valence-corrected chi connectivity index (χ2v) is 6.18. The third-order valence-electron chi connectivity index (χ3n) is 2.35. The minimum Gasteiger partial charge on any atom is -0.368 e. The summed E-state index contributed by atoms with van der Waals surface area (Å²) in [6, 6.07) is -0.204. The normalized spacial score (nSPS) is 32.4. The average molecular weight is 202 g/mol. The van der Waals surface area contributed by atoms with Crippen molar-refractivity contribution in [2.45, 2.75) is 43.9 Å². The van der Waals surface area contributed by atoms with E-state index in [4.69, 9.17) is 5.73 Å². The summed E-state index contributed by atoms with van der Waals surface area (Å²) in [5.74, 6) is 0.272. The van der Waals surface area contributed by atoms with Crippen LogP contribution < -0.4 is 11.1 Å². The quantitative estimate of drug-likeness (QED) is 0.700. The van der Waals surface area contributed by atoms with E-state index in [1.54, 1.807) is 11.8 Å². The fraction of sp³-hybridized carbons (Fsp3) is 0.889. The van der Waals surface area contributed by atoms with Crippen LogP contribution in [0.3, 0.4) is 0 Å². The molecule has 0 aliphatic carbocycles. The van der Waals surface area contributed by atoms with Gasteiger partial charge in [0.05, 0.1) is 5.37 Å². The Labute approximate surface area is 83.8 Å². The molecule has 13 heavy (non-hydrogen) atoms. The van der Waals surface area contributed by atoms with Crippen molar-refractivity contribution in [1.82, 2.24) is 5.32 Å². The van der Waals surface area contributed by atoms with Gasteiger partial charge in [-0.15, -0.1) is 11.8 Å². The molecule has 1 aliphatic heterocycles. The van der Waals surface area contributed by atoms with Crippen molar-refractivity contribution in [3.8, 4) is 0 Å². The van der Waals surface area contributed by atoms with Gasteiger partial charge < -0.3 is 5.73 Å². The topological polar surface area (TPSA) is 55.1 Å². The average Bonchev–Trinajstić information content (AvgIpc) is 2.25. The van der Waals surface area contributed by atoms with E-state index in [0.717, 1.165) is 0 Å². The minimum absolute atomic E-state index is 0.0826. The summed E-state index contributed by atoms with van der Waals surface area (Å²) in [4.78, 5) is 11.1. The minimum atomic E-state index is -0.249. The van der Waals surface area contributed by atoms with Crippen molar-refractivity contribution < 1.29 is 4.79 Å². The zero-order chi connectivity index (χ0) is 10.2. The van der Waals surface area contributed by atoms with Gasteiger partial charge in [0.25, 0.3) is 0 Å². The van der Waals surface area contributed by atoms with Gasteiger partial charge in [0.1, 0.15) is 6.04 Å². The van der Waals surface area contributed by atoms with Gasteiger partial charge in [-0.25, -0.2) is 0 Å². The number of hydrogen-bond donors (Lipinski definition) is 2. The molecular formula is C9H18N2OS. The Morgan fingerprint density at radius 3 is 2.31 bits per heavy atom. The summed E-state index contributed by atoms with van der Waals surface area (Å²) in [6.45, 7) is 8.40. The number of rotatable bonds is 2. The summed E-state index contributed by atoms with van der Waals surface area (Å²) in [5, 5.41) is 3.61. The maximum atomic E-state index is 11.1. The molecule has 0 aromatic rings. The molecule has 0 bridgehead atoms. The standard InChI is InChI=1S/C9H18N2OS/c1-5(2)8-11-6(7(10)12)9(3,4)13-8/h5-6,8,11H,1-4H3,(H2,10,12). The highest BCUT2D eigenvalue weighted by atomic mass is 32.2. The first-order valence-electron chi connectivity index (χ1n) is 4.58. The van der Waals surface area contributed by atoms with Crippen LogP contribution in [0.1, 0.15) is 27.7 Å². The Hall–Kier alpha value is -0.220. The zero-order valence-corrected chi connectivity index (χ0v) is 9.44. The van der Waals surface area contributed by atoms with Gasteiger partial charge in [-0.3, -0.25) is 10.1 Å². The van der Waals surface area contributed by atoms with Crippen LogP contribution in [0.4, 0.5) is 0 Å². The molecule has 0 radical (unpaired) electrons. The molecule has 3 N–H and O–H groups in total. The fourth-order valence-corrected chi connectivity index (χ4v) is 3.00. The second kappa shape index (κ2) is 3.50. The van der Waals surface area contributed by atoms with Crippen LogP contribution in [-0.2, 0) is 4.79 Å². The zero-order valence-electron chi connectivity index (χ0n) is 8.63. The molecule has 1 saturated heterocycles. The van der Waals surface area contributed by atoms with Gasteiger partial charge in [-0.05, 0) is 19.8 Å². The van der Waals surface area contributed by atoms with E-state index in [-0.39, 0.29) is 16.7 Å². The van der Waals surface area contributed by atoms with Crippen molar-refractivity contribution in [2.24, 2.45) is 11.7 Å². The van der Waals surface area contributed by atoms with Crippen LogP contribution in [0.15, 0.2) is 0 Å². The lowest BCUT2D eigenvalue weighted by atomic mass is 10.0. The lowest BCUT2D eigenvalue weighted by Gasteiger charge is -2.21. The lowest BCUT2D eigenvalue weighted by molar-refractivity contribution is -0.120. The van der Waals surface area contributed by atoms with E-state index in [1.807, 2.05) is 0 Å². The Morgan fingerprint density at radius 1 is 1.54 bits per heavy atom. The summed E-state index contributed by atoms with van der Waals surface area (Å²) in [6.07, 6.45) is 0. The van der Waals surface area contributed by atoms with Gasteiger partial charge in [0.2, 0.25) is 5.91 Å². The molecule has 4 heteroatoms. The number of nitrogens with two attached hydrogens (primary N) is 1. The van der Waals surface area contributed by atoms with E-state index < -0.39 is 0 Å². The van der Waals surface area contributed by atoms with Crippen molar-refractivity contribution in [3.05, 3.63) is 0 Å². The van der Waals surface area contributed by atoms with Crippen molar-refractivity contribution >= 4 is 17.7 Å². The molecule has 0 saturated carbocycles. The SMILES string of the molecule is CC(C)C1NC(C(N)=O)C(C)(C)S1. The Kier molecular flexibility index (Phi) is 2.92. The molecule has 1 rings (SSSR count). The van der Waals surface area contributed by atoms with Crippen LogP contribution in [-0.4, -0.2) is 22.1 Å². The van der Waals surface area contributed by atoms with Gasteiger partial charge >= 0.3 is 0 Å². The third kappa shape index (κ3) is 2.17. The van der Waals surface area contributed by atoms with Gasteiger partial charge in [0.15, 0.2) is 0 Å². The number of carbonyl (C=O) groups excluding carboxylic acids is 1. The molecule has 2 unspecified atom stereocenters. The molecule has 1 aliphatic rings. The van der Waals surface area contributed by atoms with Crippen LogP contribution in [0, 0.1) is 5.92 Å². The predicted octanol–water partition coefficient (Wildman–Crippen LogP) is 0.937. The van der Waals surface area contributed by atoms with E-state index in [1.165, 1.54) is 0 Å². The number of amides is 1. The molecule has 1 fully saturated rings. The highest BCUT2D eigenvalue weighted by molar-refractivity contribution is 8.01. The van der Waals surface area contributed by atoms with Crippen LogP contribution in [0.25, 0.3) is 0 Å². The van der Waals surface area contributed by atoms with E-state index >= 15 is 0 Å². The largest absolute Gasteiger partial charge is 0.368 e. The summed E-state index contributed by atoms with van der Waals surface area (Å²) in [7, 11) is 0. The number of hydrogen-bond acceptors (Lipinski definition) is 3. The van der Waals surface area contributed by atoms with Crippen LogP contribution >= 0.6 is 11.8 Å². The molecule has 0 aromatic carbocycles. The summed E-state index contributed by atoms with van der Waals surface area (Å²) >= 11 is 1.80. The Morgan fingerprint density at radius 2 is 2.08 bits per heavy atom. The molecule has 0 aromatic heterocycles. The molecule has 2 atom stereocenters. The van der Waals surface area contributed by atoms with E-state index in [0.29, 0.717) is 11.3 Å². The molecule has 1 amide bonds. The molecule has 76 valence electrons. The van der Waals surface area contributed by atoms with Crippen LogP contribution in [0.5, 0.6) is 0 Å². The fourth-order valence-electron chi connectivity index (χ4n) is 1.55. The molecule has 3 nitrogen and oxygen atoms in total. The van der Waals surface area contributed by atoms with Gasteiger partial charge in [-0.1, -0.05) is 13.8 Å².